The number of hydrogen-bond donors (Lipinski definition) is 0. The van der Waals surface area contributed by atoms with E-state index in [1.54, 1.807) is 0 Å². The third-order valence-corrected chi connectivity index (χ3v) is 4.76. The second-order valence-corrected chi connectivity index (χ2v) is 6.27. The Hall–Kier alpha value is -2.59. The van der Waals surface area contributed by atoms with Crippen molar-refractivity contribution in [3.63, 3.8) is 0 Å². The molecule has 0 spiro atoms. The normalized spacial score (nSPS) is 15.8. The van der Waals surface area contributed by atoms with E-state index in [0.717, 1.165) is 22.3 Å². The summed E-state index contributed by atoms with van der Waals surface area (Å²) in [7, 11) is 0. The fourth-order valence-electron chi connectivity index (χ4n) is 3.30. The zero-order chi connectivity index (χ0) is 16.7. The highest BCUT2D eigenvalue weighted by molar-refractivity contribution is 5.85. The first-order valence-corrected chi connectivity index (χ1v) is 8.11. The number of ether oxygens (including phenoxy) is 1. The van der Waals surface area contributed by atoms with Gasteiger partial charge in [-0.05, 0) is 37.1 Å². The summed E-state index contributed by atoms with van der Waals surface area (Å²) >= 11 is 0. The summed E-state index contributed by atoms with van der Waals surface area (Å²) in [6.45, 7) is 5.30. The Morgan fingerprint density at radius 2 is 1.92 bits per heavy atom. The van der Waals surface area contributed by atoms with Crippen LogP contribution >= 0.6 is 0 Å². The molecule has 1 aliphatic rings. The maximum atomic E-state index is 11.8. The molecule has 0 N–H and O–H groups in total. The fourth-order valence-corrected chi connectivity index (χ4v) is 3.30. The van der Waals surface area contributed by atoms with Gasteiger partial charge in [0.25, 0.3) is 0 Å². The Morgan fingerprint density at radius 3 is 2.71 bits per heavy atom. The number of nitrogens with zero attached hydrogens (tertiary/aromatic N) is 1. The minimum absolute atomic E-state index is 0.214. The molecular weight excluding hydrogens is 302 g/mol. The molecule has 0 radical (unpaired) electrons. The lowest BCUT2D eigenvalue weighted by molar-refractivity contribution is 0.0620. The van der Waals surface area contributed by atoms with Gasteiger partial charge >= 0.3 is 5.63 Å². The molecule has 24 heavy (non-hydrogen) atoms. The van der Waals surface area contributed by atoms with Crippen molar-refractivity contribution in [3.8, 4) is 5.75 Å². The quantitative estimate of drug-likeness (QED) is 0.669. The van der Waals surface area contributed by atoms with Crippen molar-refractivity contribution in [3.05, 3.63) is 75.6 Å². The highest BCUT2D eigenvalue weighted by atomic mass is 16.5. The lowest BCUT2D eigenvalue weighted by Gasteiger charge is -2.34. The minimum Gasteiger partial charge on any atom is -0.478 e. The first-order valence-electron chi connectivity index (χ1n) is 8.11. The summed E-state index contributed by atoms with van der Waals surface area (Å²) in [6, 6.07) is 16.0. The molecular formula is C20H19NO3. The molecule has 0 amide bonds. The second kappa shape index (κ2) is 5.80. The number of benzene rings is 2. The predicted molar refractivity (Wildman–Crippen MR) is 93.1 cm³/mol. The number of aryl methyl sites for hydroxylation is 1. The van der Waals surface area contributed by atoms with Crippen molar-refractivity contribution in [1.82, 2.24) is 4.90 Å². The van der Waals surface area contributed by atoms with Crippen molar-refractivity contribution >= 4 is 11.0 Å². The smallest absolute Gasteiger partial charge is 0.336 e. The van der Waals surface area contributed by atoms with E-state index in [4.69, 9.17) is 9.15 Å². The summed E-state index contributed by atoms with van der Waals surface area (Å²) in [5.41, 5.74) is 3.44. The molecule has 0 unspecified atom stereocenters. The molecule has 0 saturated carbocycles. The largest absolute Gasteiger partial charge is 0.478 e. The second-order valence-electron chi connectivity index (χ2n) is 6.27. The van der Waals surface area contributed by atoms with E-state index in [-0.39, 0.29) is 11.7 Å². The summed E-state index contributed by atoms with van der Waals surface area (Å²) in [4.78, 5) is 14.0. The van der Waals surface area contributed by atoms with Crippen molar-refractivity contribution < 1.29 is 9.15 Å². The standard InChI is InChI=1S/C20H19NO3/c1-13-10-19(22)24-20-16(13)8-9-18-17(20)11-21(12-23-18)14(2)15-6-4-3-5-7-15/h3-10,14H,11-12H2,1-2H3/t14-/m1/s1. The average molecular weight is 321 g/mol. The van der Waals surface area contributed by atoms with Crippen LogP contribution < -0.4 is 10.4 Å². The van der Waals surface area contributed by atoms with Gasteiger partial charge in [0.2, 0.25) is 0 Å². The maximum absolute atomic E-state index is 11.8. The van der Waals surface area contributed by atoms with Crippen LogP contribution in [-0.2, 0) is 6.54 Å². The molecule has 122 valence electrons. The van der Waals surface area contributed by atoms with Gasteiger partial charge in [-0.25, -0.2) is 4.79 Å². The molecule has 1 aliphatic heterocycles. The minimum atomic E-state index is -0.318. The Bertz CT molecular complexity index is 946. The highest BCUT2D eigenvalue weighted by Gasteiger charge is 2.25. The van der Waals surface area contributed by atoms with E-state index in [2.05, 4.69) is 24.0 Å². The van der Waals surface area contributed by atoms with E-state index < -0.39 is 0 Å². The van der Waals surface area contributed by atoms with E-state index in [1.807, 2.05) is 37.3 Å². The molecule has 0 fully saturated rings. The molecule has 4 rings (SSSR count). The van der Waals surface area contributed by atoms with Crippen LogP contribution in [0.5, 0.6) is 5.75 Å². The van der Waals surface area contributed by atoms with Gasteiger partial charge < -0.3 is 9.15 Å². The SMILES string of the molecule is Cc1cc(=O)oc2c3c(ccc12)OCN([C@H](C)c1ccccc1)C3. The summed E-state index contributed by atoms with van der Waals surface area (Å²) < 4.78 is 11.4. The molecule has 0 bridgehead atoms. The lowest BCUT2D eigenvalue weighted by atomic mass is 10.0. The number of fused-ring (bicyclic) bond motifs is 3. The van der Waals surface area contributed by atoms with Gasteiger partial charge in [-0.1, -0.05) is 30.3 Å². The molecule has 3 aromatic rings. The average Bonchev–Trinajstić information content (AvgIpc) is 2.61. The predicted octanol–water partition coefficient (Wildman–Crippen LogP) is 4.01. The summed E-state index contributed by atoms with van der Waals surface area (Å²) in [5, 5.41) is 0.964. The lowest BCUT2D eigenvalue weighted by Crippen LogP contribution is -2.34. The van der Waals surface area contributed by atoms with Crippen molar-refractivity contribution in [2.24, 2.45) is 0 Å². The molecule has 0 saturated heterocycles. The molecule has 1 aromatic heterocycles. The van der Waals surface area contributed by atoms with Gasteiger partial charge in [0.05, 0.1) is 5.56 Å². The molecule has 2 aromatic carbocycles. The third-order valence-electron chi connectivity index (χ3n) is 4.76. The number of rotatable bonds is 2. The van der Waals surface area contributed by atoms with Crippen LogP contribution in [0.3, 0.4) is 0 Å². The molecule has 2 heterocycles. The molecule has 1 atom stereocenters. The fraction of sp³-hybridized carbons (Fsp3) is 0.250. The van der Waals surface area contributed by atoms with E-state index >= 15 is 0 Å². The Kier molecular flexibility index (Phi) is 3.62. The van der Waals surface area contributed by atoms with Gasteiger partial charge in [-0.3, -0.25) is 4.90 Å². The van der Waals surface area contributed by atoms with Crippen LogP contribution in [0, 0.1) is 6.92 Å². The zero-order valence-corrected chi connectivity index (χ0v) is 13.8. The van der Waals surface area contributed by atoms with Gasteiger partial charge in [-0.15, -0.1) is 0 Å². The molecule has 0 aliphatic carbocycles. The van der Waals surface area contributed by atoms with Gasteiger partial charge in [-0.2, -0.15) is 0 Å². The topological polar surface area (TPSA) is 42.7 Å². The molecule has 4 nitrogen and oxygen atoms in total. The van der Waals surface area contributed by atoms with Crippen LogP contribution in [0.25, 0.3) is 11.0 Å². The summed E-state index contributed by atoms with van der Waals surface area (Å²) in [5.74, 6) is 0.799. The van der Waals surface area contributed by atoms with Crippen molar-refractivity contribution in [1.29, 1.82) is 0 Å². The van der Waals surface area contributed by atoms with Gasteiger partial charge in [0.1, 0.15) is 18.1 Å². The number of hydrogen-bond acceptors (Lipinski definition) is 4. The Labute approximate surface area is 140 Å². The first kappa shape index (κ1) is 15.0. The maximum Gasteiger partial charge on any atom is 0.336 e. The summed E-state index contributed by atoms with van der Waals surface area (Å²) in [6.07, 6.45) is 0. The zero-order valence-electron chi connectivity index (χ0n) is 13.8. The van der Waals surface area contributed by atoms with Crippen LogP contribution in [0.2, 0.25) is 0 Å². The van der Waals surface area contributed by atoms with E-state index in [1.165, 1.54) is 11.6 Å². The third kappa shape index (κ3) is 2.49. The Balaban J connectivity index is 1.76. The monoisotopic (exact) mass is 321 g/mol. The van der Waals surface area contributed by atoms with E-state index in [9.17, 15) is 4.79 Å². The van der Waals surface area contributed by atoms with E-state index in [0.29, 0.717) is 18.9 Å². The van der Waals surface area contributed by atoms with Crippen molar-refractivity contribution in [2.45, 2.75) is 26.4 Å². The van der Waals surface area contributed by atoms with Gasteiger partial charge in [0.15, 0.2) is 0 Å². The van der Waals surface area contributed by atoms with Crippen LogP contribution in [-0.4, -0.2) is 11.6 Å². The first-order chi connectivity index (χ1) is 11.6. The van der Waals surface area contributed by atoms with Crippen LogP contribution in [0.1, 0.15) is 29.7 Å². The Morgan fingerprint density at radius 1 is 1.12 bits per heavy atom. The highest BCUT2D eigenvalue weighted by Crippen LogP contribution is 2.35. The van der Waals surface area contributed by atoms with Gasteiger partial charge in [0, 0.05) is 24.0 Å². The van der Waals surface area contributed by atoms with Crippen LogP contribution in [0.4, 0.5) is 0 Å². The van der Waals surface area contributed by atoms with Crippen LogP contribution in [0.15, 0.2) is 57.7 Å². The van der Waals surface area contributed by atoms with Crippen molar-refractivity contribution in [2.75, 3.05) is 6.73 Å². The molecule has 4 heteroatoms.